The molecule has 1 atom stereocenters. The van der Waals surface area contributed by atoms with E-state index < -0.39 is 23.4 Å². The molecule has 188 valence electrons. The van der Waals surface area contributed by atoms with Gasteiger partial charge in [0.25, 0.3) is 0 Å². The number of benzene rings is 1. The number of likely N-dealkylation sites (N-methyl/N-ethyl adjacent to an activating group) is 1. The number of halogens is 1. The van der Waals surface area contributed by atoms with Crippen LogP contribution in [-0.4, -0.2) is 59.7 Å². The van der Waals surface area contributed by atoms with Crippen LogP contribution in [0.2, 0.25) is 0 Å². The maximum absolute atomic E-state index is 15.3. The van der Waals surface area contributed by atoms with Crippen molar-refractivity contribution in [1.29, 1.82) is 0 Å². The van der Waals surface area contributed by atoms with Crippen molar-refractivity contribution in [1.82, 2.24) is 20.2 Å². The minimum atomic E-state index is -0.758. The number of nitrogens with two attached hydrogens (primary N) is 1. The molecule has 2 aliphatic heterocycles. The van der Waals surface area contributed by atoms with Crippen LogP contribution in [-0.2, 0) is 4.79 Å². The fourth-order valence-corrected chi connectivity index (χ4v) is 4.74. The number of hydrogen-bond donors (Lipinski definition) is 3. The van der Waals surface area contributed by atoms with Crippen LogP contribution in [0.4, 0.5) is 20.6 Å². The molecule has 0 spiro atoms. The summed E-state index contributed by atoms with van der Waals surface area (Å²) in [7, 11) is 1.69. The summed E-state index contributed by atoms with van der Waals surface area (Å²) in [5.74, 6) is -0.159. The van der Waals surface area contributed by atoms with Crippen LogP contribution >= 0.6 is 0 Å². The number of pyridine rings is 2. The van der Waals surface area contributed by atoms with Crippen LogP contribution < -0.4 is 25.8 Å². The molecule has 11 heteroatoms. The van der Waals surface area contributed by atoms with Gasteiger partial charge in [0.15, 0.2) is 5.82 Å². The molecule has 0 unspecified atom stereocenters. The number of likely N-dealkylation sites (tertiary alicyclic amines) is 1. The number of anilines is 2. The van der Waals surface area contributed by atoms with Crippen molar-refractivity contribution >= 4 is 34.1 Å². The van der Waals surface area contributed by atoms with Crippen LogP contribution in [0.3, 0.4) is 0 Å². The zero-order chi connectivity index (χ0) is 25.8. The van der Waals surface area contributed by atoms with Crippen LogP contribution in [0.1, 0.15) is 19.4 Å². The maximum Gasteiger partial charge on any atom is 0.414 e. The fraction of sp³-hybridized carbons (Fsp3) is 0.360. The molecule has 0 saturated carbocycles. The number of aromatic nitrogens is 2. The Morgan fingerprint density at radius 3 is 2.81 bits per heavy atom. The molecule has 4 heterocycles. The van der Waals surface area contributed by atoms with Crippen LogP contribution in [0.25, 0.3) is 21.9 Å². The average molecular weight is 495 g/mol. The summed E-state index contributed by atoms with van der Waals surface area (Å²) in [6.07, 6.45) is 2.18. The van der Waals surface area contributed by atoms with E-state index in [9.17, 15) is 9.59 Å². The third-order valence-electron chi connectivity index (χ3n) is 6.93. The van der Waals surface area contributed by atoms with Crippen molar-refractivity contribution in [3.8, 4) is 22.9 Å². The van der Waals surface area contributed by atoms with Crippen molar-refractivity contribution in [3.05, 3.63) is 35.9 Å². The molecular weight excluding hydrogens is 467 g/mol. The van der Waals surface area contributed by atoms with Gasteiger partial charge in [-0.3, -0.25) is 4.79 Å². The minimum absolute atomic E-state index is 0.0165. The summed E-state index contributed by atoms with van der Waals surface area (Å²) in [6.45, 7) is 6.91. The molecular formula is C25H27FN6O4. The Labute approximate surface area is 207 Å². The summed E-state index contributed by atoms with van der Waals surface area (Å²) in [4.78, 5) is 34.9. The Hall–Kier alpha value is -4.15. The number of rotatable bonds is 3. The van der Waals surface area contributed by atoms with E-state index in [0.29, 0.717) is 47.6 Å². The first-order chi connectivity index (χ1) is 17.1. The molecule has 1 fully saturated rings. The summed E-state index contributed by atoms with van der Waals surface area (Å²) >= 11 is 0. The van der Waals surface area contributed by atoms with Gasteiger partial charge < -0.3 is 30.7 Å². The van der Waals surface area contributed by atoms with Gasteiger partial charge in [0, 0.05) is 55.1 Å². The Balaban J connectivity index is 1.45. The van der Waals surface area contributed by atoms with Crippen molar-refractivity contribution < 1.29 is 23.5 Å². The number of fused-ring (bicyclic) bond motifs is 2. The topological polar surface area (TPSA) is 132 Å². The number of nitrogen functional groups attached to an aromatic ring is 1. The predicted octanol–water partition coefficient (Wildman–Crippen LogP) is 3.09. The first-order valence-corrected chi connectivity index (χ1v) is 11.6. The van der Waals surface area contributed by atoms with Gasteiger partial charge in [0.05, 0.1) is 17.1 Å². The van der Waals surface area contributed by atoms with E-state index >= 15 is 4.39 Å². The molecule has 2 aliphatic rings. The number of nitrogens with zero attached hydrogens (tertiary/aromatic N) is 3. The van der Waals surface area contributed by atoms with Crippen LogP contribution in [0.5, 0.6) is 11.8 Å². The van der Waals surface area contributed by atoms with Crippen molar-refractivity contribution in [3.63, 3.8) is 0 Å². The smallest absolute Gasteiger partial charge is 0.414 e. The second-order valence-electron chi connectivity index (χ2n) is 9.64. The summed E-state index contributed by atoms with van der Waals surface area (Å²) in [5.41, 5.74) is 7.62. The van der Waals surface area contributed by atoms with Crippen molar-refractivity contribution in [2.45, 2.75) is 26.8 Å². The lowest BCUT2D eigenvalue weighted by atomic mass is 9.87. The lowest BCUT2D eigenvalue weighted by Crippen LogP contribution is -2.46. The number of nitrogens with one attached hydrogen (secondary N) is 2. The zero-order valence-electron chi connectivity index (χ0n) is 20.4. The standard InChI is InChI=1S/C25H27FN6O4/c1-12-15(9-30-22-21(12)28-5-6-35-22)14-7-13-8-18(29-10-16(13)20(27)19(14)26)36-24(34)31-17-11-32(4)23(33)25(17,2)3/h7-10,17,28H,5-6,11,27H2,1-4H3,(H,31,34)/t17-/m0/s1. The van der Waals surface area contributed by atoms with E-state index in [1.165, 1.54) is 12.3 Å². The lowest BCUT2D eigenvalue weighted by molar-refractivity contribution is -0.133. The Bertz CT molecular complexity index is 1410. The highest BCUT2D eigenvalue weighted by Crippen LogP contribution is 2.39. The normalized spacial score (nSPS) is 18.4. The summed E-state index contributed by atoms with van der Waals surface area (Å²) < 4.78 is 26.3. The SMILES string of the molecule is Cc1c(-c2cc3cc(OC(=O)N[C@H]4CN(C)C(=O)C4(C)C)ncc3c(N)c2F)cnc2c1NCCO2. The first kappa shape index (κ1) is 23.6. The van der Waals surface area contributed by atoms with Gasteiger partial charge in [-0.05, 0) is 37.8 Å². The molecule has 36 heavy (non-hydrogen) atoms. The lowest BCUT2D eigenvalue weighted by Gasteiger charge is -2.23. The highest BCUT2D eigenvalue weighted by Gasteiger charge is 2.46. The molecule has 0 radical (unpaired) electrons. The van der Waals surface area contributed by atoms with E-state index in [-0.39, 0.29) is 23.0 Å². The van der Waals surface area contributed by atoms with Gasteiger partial charge in [0.1, 0.15) is 12.3 Å². The Kier molecular flexibility index (Phi) is 5.57. The van der Waals surface area contributed by atoms with Crippen molar-refractivity contribution in [2.75, 3.05) is 37.8 Å². The fourth-order valence-electron chi connectivity index (χ4n) is 4.74. The Morgan fingerprint density at radius 2 is 2.08 bits per heavy atom. The third-order valence-corrected chi connectivity index (χ3v) is 6.93. The van der Waals surface area contributed by atoms with E-state index in [0.717, 1.165) is 5.56 Å². The maximum atomic E-state index is 15.3. The molecule has 2 amide bonds. The molecule has 0 bridgehead atoms. The van der Waals surface area contributed by atoms with Crippen LogP contribution in [0.15, 0.2) is 24.5 Å². The molecule has 4 N–H and O–H groups in total. The first-order valence-electron chi connectivity index (χ1n) is 11.6. The molecule has 1 aromatic carbocycles. The van der Waals surface area contributed by atoms with Gasteiger partial charge in [-0.1, -0.05) is 0 Å². The van der Waals surface area contributed by atoms with Crippen molar-refractivity contribution in [2.24, 2.45) is 5.41 Å². The van der Waals surface area contributed by atoms with Crippen LogP contribution in [0, 0.1) is 18.2 Å². The van der Waals surface area contributed by atoms with Gasteiger partial charge in [-0.2, -0.15) is 0 Å². The number of amides is 2. The zero-order valence-corrected chi connectivity index (χ0v) is 20.4. The van der Waals surface area contributed by atoms with E-state index in [1.807, 2.05) is 6.92 Å². The van der Waals surface area contributed by atoms with E-state index in [2.05, 4.69) is 20.6 Å². The monoisotopic (exact) mass is 494 g/mol. The van der Waals surface area contributed by atoms with E-state index in [4.69, 9.17) is 15.2 Å². The van der Waals surface area contributed by atoms with Gasteiger partial charge in [-0.25, -0.2) is 19.2 Å². The molecule has 5 rings (SSSR count). The molecule has 1 saturated heterocycles. The molecule has 3 aromatic rings. The number of carbonyl (C=O) groups excluding carboxylic acids is 2. The number of carbonyl (C=O) groups is 2. The second-order valence-corrected chi connectivity index (χ2v) is 9.64. The molecule has 2 aromatic heterocycles. The van der Waals surface area contributed by atoms with Gasteiger partial charge >= 0.3 is 6.09 Å². The predicted molar refractivity (Wildman–Crippen MR) is 132 cm³/mol. The highest BCUT2D eigenvalue weighted by molar-refractivity contribution is 5.98. The minimum Gasteiger partial charge on any atom is -0.474 e. The number of hydrogen-bond acceptors (Lipinski definition) is 8. The van der Waals surface area contributed by atoms with E-state index in [1.54, 1.807) is 38.1 Å². The Morgan fingerprint density at radius 1 is 1.31 bits per heavy atom. The quantitative estimate of drug-likeness (QED) is 0.474. The third kappa shape index (κ3) is 3.80. The second kappa shape index (κ2) is 8.51. The van der Waals surface area contributed by atoms with Gasteiger partial charge in [-0.15, -0.1) is 0 Å². The molecule has 10 nitrogen and oxygen atoms in total. The van der Waals surface area contributed by atoms with Gasteiger partial charge in [0.2, 0.25) is 17.7 Å². The largest absolute Gasteiger partial charge is 0.474 e. The highest BCUT2D eigenvalue weighted by atomic mass is 19.1. The number of ether oxygens (including phenoxy) is 2. The molecule has 0 aliphatic carbocycles. The average Bonchev–Trinajstić information content (AvgIpc) is 3.04. The summed E-state index contributed by atoms with van der Waals surface area (Å²) in [5, 5.41) is 6.92. The summed E-state index contributed by atoms with van der Waals surface area (Å²) in [6, 6.07) is 2.73.